The number of benzene rings is 1. The van der Waals surface area contributed by atoms with Crippen molar-refractivity contribution >= 4 is 51.5 Å². The van der Waals surface area contributed by atoms with E-state index in [-0.39, 0.29) is 27.3 Å². The third-order valence-electron chi connectivity index (χ3n) is 5.51. The predicted molar refractivity (Wildman–Crippen MR) is 125 cm³/mol. The molecular weight excluding hydrogens is 473 g/mol. The normalized spacial score (nSPS) is 19.8. The second kappa shape index (κ2) is 8.50. The van der Waals surface area contributed by atoms with Gasteiger partial charge in [0.25, 0.3) is 5.56 Å². The SMILES string of the molecule is CCOc1cc(/C=c2/sc3nc([C@@H]4[C@@H](C=C(Cl)Cl)C4(C)C)nn3c2=O)ccc1OC(C)=O. The van der Waals surface area contributed by atoms with Crippen LogP contribution in [0.4, 0.5) is 0 Å². The Balaban J connectivity index is 1.68. The summed E-state index contributed by atoms with van der Waals surface area (Å²) in [7, 11) is 0. The van der Waals surface area contributed by atoms with Gasteiger partial charge in [0.15, 0.2) is 17.3 Å². The second-order valence-electron chi connectivity index (χ2n) is 8.09. The van der Waals surface area contributed by atoms with Gasteiger partial charge in [0.2, 0.25) is 4.96 Å². The summed E-state index contributed by atoms with van der Waals surface area (Å²) in [6.45, 7) is 7.76. The van der Waals surface area contributed by atoms with Crippen LogP contribution in [0.2, 0.25) is 0 Å². The molecule has 0 N–H and O–H groups in total. The van der Waals surface area contributed by atoms with E-state index >= 15 is 0 Å². The van der Waals surface area contributed by atoms with Crippen LogP contribution in [0.1, 0.15) is 45.0 Å². The Hall–Kier alpha value is -2.42. The first-order chi connectivity index (χ1) is 15.1. The molecule has 0 aliphatic heterocycles. The molecule has 4 rings (SSSR count). The van der Waals surface area contributed by atoms with Crippen LogP contribution in [0, 0.1) is 11.3 Å². The maximum absolute atomic E-state index is 12.9. The summed E-state index contributed by atoms with van der Waals surface area (Å²) < 4.78 is 12.8. The monoisotopic (exact) mass is 493 g/mol. The van der Waals surface area contributed by atoms with Gasteiger partial charge in [-0.3, -0.25) is 9.59 Å². The topological polar surface area (TPSA) is 82.8 Å². The van der Waals surface area contributed by atoms with E-state index in [1.165, 1.54) is 22.8 Å². The quantitative estimate of drug-likeness (QED) is 0.380. The largest absolute Gasteiger partial charge is 0.490 e. The Morgan fingerprint density at radius 2 is 2.06 bits per heavy atom. The van der Waals surface area contributed by atoms with E-state index in [1.807, 2.05) is 6.92 Å². The van der Waals surface area contributed by atoms with Crippen LogP contribution < -0.4 is 19.6 Å². The highest BCUT2D eigenvalue weighted by molar-refractivity contribution is 7.15. The van der Waals surface area contributed by atoms with Crippen molar-refractivity contribution in [2.24, 2.45) is 11.3 Å². The van der Waals surface area contributed by atoms with Crippen LogP contribution in [0.3, 0.4) is 0 Å². The minimum absolute atomic E-state index is 0.0523. The van der Waals surface area contributed by atoms with Crippen molar-refractivity contribution in [2.75, 3.05) is 6.61 Å². The number of fused-ring (bicyclic) bond motifs is 1. The lowest BCUT2D eigenvalue weighted by atomic mass is 10.1. The number of thiazole rings is 1. The van der Waals surface area contributed by atoms with Crippen LogP contribution in [-0.4, -0.2) is 27.2 Å². The number of hydrogen-bond donors (Lipinski definition) is 0. The van der Waals surface area contributed by atoms with Gasteiger partial charge in [-0.25, -0.2) is 4.98 Å². The first-order valence-electron chi connectivity index (χ1n) is 10.0. The number of ether oxygens (including phenoxy) is 2. The van der Waals surface area contributed by atoms with Gasteiger partial charge in [-0.2, -0.15) is 4.52 Å². The fourth-order valence-corrected chi connectivity index (χ4v) is 5.06. The zero-order chi connectivity index (χ0) is 23.2. The Morgan fingerprint density at radius 3 is 2.69 bits per heavy atom. The molecule has 2 heterocycles. The van der Waals surface area contributed by atoms with E-state index in [4.69, 9.17) is 32.7 Å². The van der Waals surface area contributed by atoms with Crippen molar-refractivity contribution in [3.05, 3.63) is 55.0 Å². The van der Waals surface area contributed by atoms with Crippen molar-refractivity contribution in [2.45, 2.75) is 33.6 Å². The minimum Gasteiger partial charge on any atom is -0.490 e. The molecule has 7 nitrogen and oxygen atoms in total. The average Bonchev–Trinajstić information content (AvgIpc) is 2.98. The summed E-state index contributed by atoms with van der Waals surface area (Å²) >= 11 is 12.9. The molecule has 0 radical (unpaired) electrons. The van der Waals surface area contributed by atoms with Crippen LogP contribution in [0.15, 0.2) is 33.6 Å². The van der Waals surface area contributed by atoms with Gasteiger partial charge < -0.3 is 9.47 Å². The molecule has 1 aliphatic carbocycles. The van der Waals surface area contributed by atoms with E-state index in [2.05, 4.69) is 23.9 Å². The maximum Gasteiger partial charge on any atom is 0.308 e. The Bertz CT molecular complexity index is 1340. The predicted octanol–water partition coefficient (Wildman–Crippen LogP) is 4.08. The van der Waals surface area contributed by atoms with Crippen LogP contribution in [-0.2, 0) is 4.79 Å². The fourth-order valence-electron chi connectivity index (χ4n) is 3.87. The molecule has 0 amide bonds. The first-order valence-corrected chi connectivity index (χ1v) is 11.6. The third kappa shape index (κ3) is 4.27. The molecule has 0 unspecified atom stereocenters. The van der Waals surface area contributed by atoms with Crippen LogP contribution >= 0.6 is 34.5 Å². The number of allylic oxidation sites excluding steroid dienone is 1. The smallest absolute Gasteiger partial charge is 0.308 e. The van der Waals surface area contributed by atoms with Crippen molar-refractivity contribution < 1.29 is 14.3 Å². The summed E-state index contributed by atoms with van der Waals surface area (Å²) in [5.41, 5.74) is 0.409. The third-order valence-corrected chi connectivity index (χ3v) is 6.72. The molecular formula is C22H21Cl2N3O4S. The summed E-state index contributed by atoms with van der Waals surface area (Å²) in [6, 6.07) is 5.12. The van der Waals surface area contributed by atoms with Crippen LogP contribution in [0.5, 0.6) is 11.5 Å². The zero-order valence-electron chi connectivity index (χ0n) is 17.9. The average molecular weight is 494 g/mol. The lowest BCUT2D eigenvalue weighted by Crippen LogP contribution is -2.23. The van der Waals surface area contributed by atoms with E-state index in [9.17, 15) is 9.59 Å². The minimum atomic E-state index is -0.434. The lowest BCUT2D eigenvalue weighted by molar-refractivity contribution is -0.132. The Labute approximate surface area is 198 Å². The molecule has 1 aromatic carbocycles. The molecule has 1 fully saturated rings. The number of carbonyl (C=O) groups is 1. The number of halogens is 2. The van der Waals surface area contributed by atoms with Gasteiger partial charge in [-0.15, -0.1) is 5.10 Å². The molecule has 2 aromatic heterocycles. The molecule has 1 aliphatic rings. The molecule has 10 heteroatoms. The standard InChI is InChI=1S/C22H21Cl2N3O4S/c1-5-30-15-8-12(6-7-14(15)31-11(2)28)9-16-20(29)27-21(32-16)25-19(26-27)18-13(10-17(23)24)22(18,3)4/h6-10,13,18H,5H2,1-4H3/b16-9+/t13-,18+/m1/s1. The number of esters is 1. The molecule has 0 spiro atoms. The summed E-state index contributed by atoms with van der Waals surface area (Å²) in [5.74, 6) is 1.12. The highest BCUT2D eigenvalue weighted by Gasteiger charge is 2.59. The van der Waals surface area contributed by atoms with Gasteiger partial charge in [-0.05, 0) is 48.1 Å². The molecule has 32 heavy (non-hydrogen) atoms. The van der Waals surface area contributed by atoms with E-state index in [0.717, 1.165) is 5.56 Å². The van der Waals surface area contributed by atoms with E-state index in [0.29, 0.717) is 33.4 Å². The molecule has 0 bridgehead atoms. The van der Waals surface area contributed by atoms with E-state index in [1.54, 1.807) is 30.4 Å². The highest BCUT2D eigenvalue weighted by Crippen LogP contribution is 2.64. The van der Waals surface area contributed by atoms with Crippen molar-refractivity contribution in [1.29, 1.82) is 0 Å². The Kier molecular flexibility index (Phi) is 6.04. The molecule has 1 saturated carbocycles. The van der Waals surface area contributed by atoms with Gasteiger partial charge in [0.1, 0.15) is 4.49 Å². The number of carbonyl (C=O) groups excluding carboxylic acids is 1. The van der Waals surface area contributed by atoms with Crippen molar-refractivity contribution in [1.82, 2.24) is 14.6 Å². The number of hydrogen-bond acceptors (Lipinski definition) is 7. The van der Waals surface area contributed by atoms with Crippen molar-refractivity contribution in [3.63, 3.8) is 0 Å². The number of rotatable bonds is 6. The van der Waals surface area contributed by atoms with Gasteiger partial charge in [0.05, 0.1) is 11.1 Å². The van der Waals surface area contributed by atoms with Gasteiger partial charge >= 0.3 is 5.97 Å². The molecule has 3 aromatic rings. The lowest BCUT2D eigenvalue weighted by Gasteiger charge is -2.10. The summed E-state index contributed by atoms with van der Waals surface area (Å²) in [5, 5.41) is 4.47. The molecule has 168 valence electrons. The molecule has 2 atom stereocenters. The Morgan fingerprint density at radius 1 is 1.31 bits per heavy atom. The van der Waals surface area contributed by atoms with E-state index < -0.39 is 5.97 Å². The number of aromatic nitrogens is 3. The fraction of sp³-hybridized carbons (Fsp3) is 0.364. The van der Waals surface area contributed by atoms with Crippen LogP contribution in [0.25, 0.3) is 11.0 Å². The first kappa shape index (κ1) is 22.8. The maximum atomic E-state index is 12.9. The summed E-state index contributed by atoms with van der Waals surface area (Å²) in [4.78, 5) is 29.3. The van der Waals surface area contributed by atoms with Gasteiger partial charge in [0, 0.05) is 12.8 Å². The van der Waals surface area contributed by atoms with Gasteiger partial charge in [-0.1, -0.05) is 54.5 Å². The number of nitrogens with zero attached hydrogens (tertiary/aromatic N) is 3. The molecule has 0 saturated heterocycles. The summed E-state index contributed by atoms with van der Waals surface area (Å²) in [6.07, 6.45) is 3.54. The highest BCUT2D eigenvalue weighted by atomic mass is 35.5. The second-order valence-corrected chi connectivity index (χ2v) is 10.1. The van der Waals surface area contributed by atoms with Crippen molar-refractivity contribution in [3.8, 4) is 11.5 Å². The zero-order valence-corrected chi connectivity index (χ0v) is 20.2.